The molecule has 0 aromatic heterocycles. The van der Waals surface area contributed by atoms with Crippen molar-refractivity contribution in [1.82, 2.24) is 0 Å². The minimum Gasteiger partial charge on any atom is -0.494 e. The highest BCUT2D eigenvalue weighted by atomic mass is 16.5. The molecule has 118 heavy (non-hydrogen) atoms. The summed E-state index contributed by atoms with van der Waals surface area (Å²) in [4.78, 5) is 38.4. The third-order valence-corrected chi connectivity index (χ3v) is 21.5. The van der Waals surface area contributed by atoms with Gasteiger partial charge in [0.05, 0.1) is 92.8 Å². The topological polar surface area (TPSA) is 173 Å². The van der Waals surface area contributed by atoms with E-state index < -0.39 is 0 Å². The van der Waals surface area contributed by atoms with Gasteiger partial charge in [0.25, 0.3) is 0 Å². The van der Waals surface area contributed by atoms with E-state index in [1.165, 1.54) is 83.5 Å². The van der Waals surface area contributed by atoms with Gasteiger partial charge in [0.2, 0.25) is 0 Å². The van der Waals surface area contributed by atoms with Crippen LogP contribution in [0.5, 0.6) is 28.7 Å². The van der Waals surface area contributed by atoms with Gasteiger partial charge in [-0.1, -0.05) is 275 Å². The maximum atomic E-state index is 12.8. The molecule has 10 aromatic carbocycles. The van der Waals surface area contributed by atoms with Crippen LogP contribution in [-0.4, -0.2) is 70.8 Å². The minimum absolute atomic E-state index is 0.274. The van der Waals surface area contributed by atoms with Crippen molar-refractivity contribution in [3.8, 4) is 96.5 Å². The van der Waals surface area contributed by atoms with Crippen molar-refractivity contribution in [1.29, 1.82) is 10.5 Å². The maximum absolute atomic E-state index is 12.8. The second kappa shape index (κ2) is 53.0. The van der Waals surface area contributed by atoms with Gasteiger partial charge in [0.15, 0.2) is 0 Å². The highest BCUT2D eigenvalue weighted by Gasteiger charge is 2.14. The summed E-state index contributed by atoms with van der Waals surface area (Å²) in [6.07, 6.45) is 35.6. The van der Waals surface area contributed by atoms with Gasteiger partial charge in [-0.15, -0.1) is 0 Å². The SMILES string of the molecule is N#Cc1ccc(-c2ccc(OCCCCCCCCCCOC(=O)c3ccc(-c4ccc(OCCCCCCCCCCOC(=O)c5ccc(-c6ccc(OCCCCCCCCCCOc7ccc(-c8ccc(C(=O)OCCCCCCCCCCOc9ccc(-c%10ccc(C#N)cc%10)cc9)cc8)cc7)cc6)cc5)cc4)cc3)cc2)cc1. The van der Waals surface area contributed by atoms with Gasteiger partial charge < -0.3 is 37.9 Å². The summed E-state index contributed by atoms with van der Waals surface area (Å²) < 4.78 is 47.0. The van der Waals surface area contributed by atoms with E-state index in [1.54, 1.807) is 0 Å². The predicted octanol–water partition coefficient (Wildman–Crippen LogP) is 27.4. The molecule has 0 atom stereocenters. The van der Waals surface area contributed by atoms with Crippen molar-refractivity contribution in [2.24, 2.45) is 0 Å². The number of hydrogen-bond acceptors (Lipinski definition) is 13. The molecule has 0 amide bonds. The van der Waals surface area contributed by atoms with Crippen molar-refractivity contribution in [2.75, 3.05) is 52.9 Å². The van der Waals surface area contributed by atoms with E-state index in [2.05, 4.69) is 72.8 Å². The van der Waals surface area contributed by atoms with Gasteiger partial charge in [-0.3, -0.25) is 0 Å². The molecular formula is C105H120N2O11. The Hall–Kier alpha value is -11.4. The van der Waals surface area contributed by atoms with Crippen LogP contribution in [0, 0.1) is 22.7 Å². The average Bonchev–Trinajstić information content (AvgIpc) is 0.891. The third kappa shape index (κ3) is 32.9. The fraction of sp³-hybridized carbons (Fsp3) is 0.381. The Morgan fingerprint density at radius 3 is 0.475 bits per heavy atom. The number of unbranched alkanes of at least 4 members (excludes halogenated alkanes) is 28. The number of hydrogen-bond donors (Lipinski definition) is 0. The first kappa shape index (κ1) is 88.9. The van der Waals surface area contributed by atoms with E-state index in [0.717, 1.165) is 206 Å². The summed E-state index contributed by atoms with van der Waals surface area (Å²) >= 11 is 0. The molecule has 0 N–H and O–H groups in total. The number of nitriles is 2. The molecule has 0 spiro atoms. The molecular weight excluding hydrogens is 1470 g/mol. The standard InChI is InChI=1S/C105H120N2O11/c106-81-83-33-37-85(38-34-83)90-53-63-98(64-54-90)111-73-27-19-11-3-6-14-22-30-78-116-103(108)95-47-41-87(42-48-95)92-57-67-100(68-58-92)113-75-25-17-9-1-2-10-18-26-76-114-101-69-59-93(60-70-101)88-43-49-96(50-44-88)105(110)118-80-32-24-16-8-5-13-21-29-77-115-102-71-61-94(62-72-102)89-45-51-97(52-46-89)104(109)117-79-31-23-15-7-4-12-20-28-74-112-99-65-55-91(56-66-99)86-39-35-84(82-107)36-40-86/h33-72H,1-32,73-80H2. The van der Waals surface area contributed by atoms with Crippen LogP contribution in [0.4, 0.5) is 0 Å². The summed E-state index contributed by atoms with van der Waals surface area (Å²) in [7, 11) is 0. The Labute approximate surface area is 702 Å². The fourth-order valence-corrected chi connectivity index (χ4v) is 14.3. The zero-order valence-corrected chi connectivity index (χ0v) is 69.3. The van der Waals surface area contributed by atoms with Crippen LogP contribution in [0.15, 0.2) is 243 Å². The summed E-state index contributed by atoms with van der Waals surface area (Å²) in [6, 6.07) is 83.2. The van der Waals surface area contributed by atoms with E-state index in [4.69, 9.17) is 48.4 Å². The molecule has 0 saturated carbocycles. The van der Waals surface area contributed by atoms with E-state index >= 15 is 0 Å². The lowest BCUT2D eigenvalue weighted by Crippen LogP contribution is -2.06. The van der Waals surface area contributed by atoms with Gasteiger partial charge in [0.1, 0.15) is 28.7 Å². The molecule has 0 fully saturated rings. The predicted molar refractivity (Wildman–Crippen MR) is 475 cm³/mol. The van der Waals surface area contributed by atoms with Gasteiger partial charge in [-0.2, -0.15) is 10.5 Å². The number of benzene rings is 10. The molecule has 13 heteroatoms. The molecule has 0 saturated heterocycles. The first-order chi connectivity index (χ1) is 58.2. The normalized spacial score (nSPS) is 11.0. The molecule has 10 aromatic rings. The molecule has 0 heterocycles. The van der Waals surface area contributed by atoms with Crippen LogP contribution >= 0.6 is 0 Å². The molecule has 0 bridgehead atoms. The summed E-state index contributed by atoms with van der Waals surface area (Å²) in [5.74, 6) is 3.52. The van der Waals surface area contributed by atoms with Crippen molar-refractivity contribution < 1.29 is 52.3 Å². The van der Waals surface area contributed by atoms with E-state index in [9.17, 15) is 14.4 Å². The zero-order valence-electron chi connectivity index (χ0n) is 69.3. The highest BCUT2D eigenvalue weighted by Crippen LogP contribution is 2.30. The molecule has 0 aliphatic carbocycles. The highest BCUT2D eigenvalue weighted by molar-refractivity contribution is 5.91. The number of nitrogens with zero attached hydrogens (tertiary/aromatic N) is 2. The first-order valence-corrected chi connectivity index (χ1v) is 43.7. The monoisotopic (exact) mass is 1580 g/mol. The van der Waals surface area contributed by atoms with Crippen molar-refractivity contribution in [3.63, 3.8) is 0 Å². The number of esters is 3. The lowest BCUT2D eigenvalue weighted by molar-refractivity contribution is 0.0488. The summed E-state index contributed by atoms with van der Waals surface area (Å²) in [5, 5.41) is 18.1. The molecule has 10 rings (SSSR count). The largest absolute Gasteiger partial charge is 0.494 e. The van der Waals surface area contributed by atoms with Crippen LogP contribution in [0.2, 0.25) is 0 Å². The number of rotatable bonds is 57. The average molecular weight is 1590 g/mol. The van der Waals surface area contributed by atoms with Crippen molar-refractivity contribution in [2.45, 2.75) is 205 Å². The second-order valence-electron chi connectivity index (χ2n) is 30.7. The summed E-state index contributed by atoms with van der Waals surface area (Å²) in [6.45, 7) is 4.83. The molecule has 0 unspecified atom stereocenters. The van der Waals surface area contributed by atoms with Crippen molar-refractivity contribution in [3.05, 3.63) is 270 Å². The van der Waals surface area contributed by atoms with Gasteiger partial charge in [0, 0.05) is 0 Å². The maximum Gasteiger partial charge on any atom is 0.338 e. The Bertz CT molecular complexity index is 4550. The summed E-state index contributed by atoms with van der Waals surface area (Å²) in [5.41, 5.74) is 13.7. The van der Waals surface area contributed by atoms with Gasteiger partial charge >= 0.3 is 17.9 Å². The van der Waals surface area contributed by atoms with Gasteiger partial charge in [-0.25, -0.2) is 14.4 Å². The lowest BCUT2D eigenvalue weighted by Gasteiger charge is -2.09. The Morgan fingerprint density at radius 2 is 0.314 bits per heavy atom. The quantitative estimate of drug-likeness (QED) is 0.0200. The second-order valence-corrected chi connectivity index (χ2v) is 30.7. The van der Waals surface area contributed by atoms with Crippen LogP contribution in [-0.2, 0) is 14.2 Å². The van der Waals surface area contributed by atoms with E-state index in [-0.39, 0.29) is 17.9 Å². The lowest BCUT2D eigenvalue weighted by atomic mass is 10.0. The number of carbonyl (C=O) groups is 3. The Balaban J connectivity index is 0.453. The molecule has 0 radical (unpaired) electrons. The molecule has 616 valence electrons. The number of ether oxygens (including phenoxy) is 8. The third-order valence-electron chi connectivity index (χ3n) is 21.5. The van der Waals surface area contributed by atoms with Gasteiger partial charge in [-0.05, 0) is 228 Å². The molecule has 13 nitrogen and oxygen atoms in total. The van der Waals surface area contributed by atoms with Crippen molar-refractivity contribution >= 4 is 17.9 Å². The minimum atomic E-state index is -0.279. The van der Waals surface area contributed by atoms with Crippen LogP contribution < -0.4 is 23.7 Å². The number of carbonyl (C=O) groups excluding carboxylic acids is 3. The van der Waals surface area contributed by atoms with Crippen LogP contribution in [0.1, 0.15) is 248 Å². The van der Waals surface area contributed by atoms with Crippen LogP contribution in [0.25, 0.3) is 55.6 Å². The van der Waals surface area contributed by atoms with E-state index in [0.29, 0.717) is 80.7 Å². The molecule has 0 aliphatic rings. The zero-order chi connectivity index (χ0) is 81.9. The fourth-order valence-electron chi connectivity index (χ4n) is 14.3. The Morgan fingerprint density at radius 1 is 0.178 bits per heavy atom. The van der Waals surface area contributed by atoms with Crippen LogP contribution in [0.3, 0.4) is 0 Å². The van der Waals surface area contributed by atoms with E-state index in [1.807, 2.05) is 182 Å². The first-order valence-electron chi connectivity index (χ1n) is 43.7. The molecule has 0 aliphatic heterocycles. The Kier molecular flexibility index (Phi) is 40.0. The smallest absolute Gasteiger partial charge is 0.338 e.